The number of rotatable bonds is 2. The fraction of sp³-hybridized carbons (Fsp3) is 0.0667. The Labute approximate surface area is 137 Å². The van der Waals surface area contributed by atoms with Gasteiger partial charge in [-0.15, -0.1) is 11.3 Å². The van der Waals surface area contributed by atoms with Crippen molar-refractivity contribution in [2.24, 2.45) is 0 Å². The average Bonchev–Trinajstić information content (AvgIpc) is 2.83. The molecule has 0 radical (unpaired) electrons. The normalized spacial score (nSPS) is 12.8. The van der Waals surface area contributed by atoms with Gasteiger partial charge in [0, 0.05) is 14.2 Å². The van der Waals surface area contributed by atoms with Crippen LogP contribution in [0.1, 0.15) is 16.0 Å². The van der Waals surface area contributed by atoms with E-state index in [-0.39, 0.29) is 4.83 Å². The van der Waals surface area contributed by atoms with Crippen LogP contribution in [0.15, 0.2) is 52.3 Å². The molecular formula is C15H9Br2ClS. The minimum Gasteiger partial charge on any atom is -0.142 e. The zero-order valence-electron chi connectivity index (χ0n) is 9.74. The number of thiophene rings is 1. The summed E-state index contributed by atoms with van der Waals surface area (Å²) >= 11 is 15.2. The summed E-state index contributed by atoms with van der Waals surface area (Å²) in [6.45, 7) is 0. The first-order valence-electron chi connectivity index (χ1n) is 5.72. The lowest BCUT2D eigenvalue weighted by Gasteiger charge is -2.10. The van der Waals surface area contributed by atoms with Crippen LogP contribution in [0.3, 0.4) is 0 Å². The van der Waals surface area contributed by atoms with E-state index in [4.69, 9.17) is 11.6 Å². The zero-order chi connectivity index (χ0) is 13.4. The van der Waals surface area contributed by atoms with Crippen LogP contribution < -0.4 is 0 Å². The largest absolute Gasteiger partial charge is 0.142 e. The molecule has 0 bridgehead atoms. The molecule has 0 aliphatic rings. The quantitative estimate of drug-likeness (QED) is 0.403. The first kappa shape index (κ1) is 13.6. The molecule has 0 aliphatic heterocycles. The third kappa shape index (κ3) is 2.62. The first-order valence-corrected chi connectivity index (χ1v) is 8.68. The van der Waals surface area contributed by atoms with Crippen molar-refractivity contribution < 1.29 is 0 Å². The summed E-state index contributed by atoms with van der Waals surface area (Å²) in [6.07, 6.45) is 0. The number of hydrogen-bond donors (Lipinski definition) is 0. The molecule has 0 fully saturated rings. The number of benzene rings is 2. The molecule has 0 amide bonds. The maximum Gasteiger partial charge on any atom is 0.0659 e. The van der Waals surface area contributed by atoms with E-state index < -0.39 is 0 Å². The Morgan fingerprint density at radius 1 is 1.11 bits per heavy atom. The SMILES string of the molecule is Clc1cccc(C(Br)c2csc3c(Br)cccc23)c1. The summed E-state index contributed by atoms with van der Waals surface area (Å²) in [5.74, 6) is 0. The lowest BCUT2D eigenvalue weighted by Crippen LogP contribution is -1.91. The van der Waals surface area contributed by atoms with Gasteiger partial charge >= 0.3 is 0 Å². The van der Waals surface area contributed by atoms with Crippen LogP contribution in [0.2, 0.25) is 5.02 Å². The molecular weight excluding hydrogens is 407 g/mol. The van der Waals surface area contributed by atoms with Crippen LogP contribution >= 0.6 is 54.8 Å². The minimum absolute atomic E-state index is 0.161. The Balaban J connectivity index is 2.12. The highest BCUT2D eigenvalue weighted by Crippen LogP contribution is 2.41. The molecule has 96 valence electrons. The van der Waals surface area contributed by atoms with Gasteiger partial charge in [0.1, 0.15) is 0 Å². The number of hydrogen-bond acceptors (Lipinski definition) is 1. The maximum atomic E-state index is 6.07. The molecule has 4 heteroatoms. The Morgan fingerprint density at radius 3 is 2.68 bits per heavy atom. The van der Waals surface area contributed by atoms with E-state index in [2.05, 4.69) is 61.5 Å². The highest BCUT2D eigenvalue weighted by molar-refractivity contribution is 9.10. The van der Waals surface area contributed by atoms with Gasteiger partial charge in [-0.1, -0.05) is 51.8 Å². The third-order valence-electron chi connectivity index (χ3n) is 3.00. The highest BCUT2D eigenvalue weighted by atomic mass is 79.9. The van der Waals surface area contributed by atoms with E-state index >= 15 is 0 Å². The highest BCUT2D eigenvalue weighted by Gasteiger charge is 2.16. The smallest absolute Gasteiger partial charge is 0.0659 e. The summed E-state index contributed by atoms with van der Waals surface area (Å²) in [4.78, 5) is 0.161. The van der Waals surface area contributed by atoms with Crippen molar-refractivity contribution in [1.82, 2.24) is 0 Å². The molecule has 0 N–H and O–H groups in total. The molecule has 1 unspecified atom stereocenters. The summed E-state index contributed by atoms with van der Waals surface area (Å²) < 4.78 is 2.43. The van der Waals surface area contributed by atoms with Crippen molar-refractivity contribution in [2.75, 3.05) is 0 Å². The van der Waals surface area contributed by atoms with E-state index in [9.17, 15) is 0 Å². The van der Waals surface area contributed by atoms with Gasteiger partial charge in [-0.25, -0.2) is 0 Å². The molecule has 0 saturated heterocycles. The molecule has 3 aromatic rings. The van der Waals surface area contributed by atoms with Crippen molar-refractivity contribution in [1.29, 1.82) is 0 Å². The van der Waals surface area contributed by atoms with Crippen LogP contribution in [0.4, 0.5) is 0 Å². The lowest BCUT2D eigenvalue weighted by atomic mass is 10.0. The molecule has 0 nitrogen and oxygen atoms in total. The van der Waals surface area contributed by atoms with Gasteiger partial charge in [0.2, 0.25) is 0 Å². The average molecular weight is 417 g/mol. The van der Waals surface area contributed by atoms with Gasteiger partial charge in [0.25, 0.3) is 0 Å². The predicted octanol–water partition coefficient (Wildman–Crippen LogP) is 6.80. The number of alkyl halides is 1. The Bertz CT molecular complexity index is 736. The molecule has 19 heavy (non-hydrogen) atoms. The molecule has 1 heterocycles. The fourth-order valence-electron chi connectivity index (χ4n) is 2.08. The van der Waals surface area contributed by atoms with Gasteiger partial charge in [-0.3, -0.25) is 0 Å². The van der Waals surface area contributed by atoms with Crippen molar-refractivity contribution >= 4 is 64.9 Å². The molecule has 1 aromatic heterocycles. The Kier molecular flexibility index (Phi) is 3.99. The monoisotopic (exact) mass is 414 g/mol. The van der Waals surface area contributed by atoms with Crippen LogP contribution in [0.5, 0.6) is 0 Å². The number of halogens is 3. The van der Waals surface area contributed by atoms with Crippen LogP contribution in [-0.2, 0) is 0 Å². The fourth-order valence-corrected chi connectivity index (χ4v) is 4.77. The van der Waals surface area contributed by atoms with Crippen molar-refractivity contribution in [3.8, 4) is 0 Å². The summed E-state index contributed by atoms with van der Waals surface area (Å²) in [7, 11) is 0. The molecule has 3 rings (SSSR count). The van der Waals surface area contributed by atoms with Crippen LogP contribution in [0, 0.1) is 0 Å². The van der Waals surface area contributed by atoms with Crippen molar-refractivity contribution in [3.63, 3.8) is 0 Å². The summed E-state index contributed by atoms with van der Waals surface area (Å²) in [5.41, 5.74) is 2.45. The van der Waals surface area contributed by atoms with Gasteiger partial charge < -0.3 is 0 Å². The molecule has 0 aliphatic carbocycles. The van der Waals surface area contributed by atoms with E-state index in [1.165, 1.54) is 21.2 Å². The second kappa shape index (κ2) is 5.57. The molecule has 0 spiro atoms. The second-order valence-electron chi connectivity index (χ2n) is 4.23. The molecule has 0 saturated carbocycles. The van der Waals surface area contributed by atoms with Crippen LogP contribution in [-0.4, -0.2) is 0 Å². The maximum absolute atomic E-state index is 6.07. The topological polar surface area (TPSA) is 0 Å². The standard InChI is InChI=1S/C15H9Br2ClS/c16-13-6-2-5-11-12(8-19-15(11)13)14(17)9-3-1-4-10(18)7-9/h1-8,14H. The molecule has 2 aromatic carbocycles. The number of fused-ring (bicyclic) bond motifs is 1. The molecule has 1 atom stereocenters. The summed E-state index contributed by atoms with van der Waals surface area (Å²) in [6, 6.07) is 14.3. The Hall–Kier alpha value is -0.350. The van der Waals surface area contributed by atoms with Gasteiger partial charge in [-0.2, -0.15) is 0 Å². The van der Waals surface area contributed by atoms with E-state index in [0.29, 0.717) is 0 Å². The van der Waals surface area contributed by atoms with Gasteiger partial charge in [-0.05, 0) is 56.0 Å². The van der Waals surface area contributed by atoms with Crippen molar-refractivity contribution in [3.05, 3.63) is 68.5 Å². The van der Waals surface area contributed by atoms with Crippen molar-refractivity contribution in [2.45, 2.75) is 4.83 Å². The van der Waals surface area contributed by atoms with Crippen LogP contribution in [0.25, 0.3) is 10.1 Å². The second-order valence-corrected chi connectivity index (χ2v) is 7.31. The zero-order valence-corrected chi connectivity index (χ0v) is 14.5. The Morgan fingerprint density at radius 2 is 1.89 bits per heavy atom. The first-order chi connectivity index (χ1) is 9.16. The third-order valence-corrected chi connectivity index (χ3v) is 6.22. The van der Waals surface area contributed by atoms with E-state index in [1.807, 2.05) is 18.2 Å². The van der Waals surface area contributed by atoms with E-state index in [1.54, 1.807) is 11.3 Å². The predicted molar refractivity (Wildman–Crippen MR) is 91.7 cm³/mol. The lowest BCUT2D eigenvalue weighted by molar-refractivity contribution is 1.21. The minimum atomic E-state index is 0.161. The summed E-state index contributed by atoms with van der Waals surface area (Å²) in [5, 5.41) is 4.25. The van der Waals surface area contributed by atoms with E-state index in [0.717, 1.165) is 9.50 Å². The van der Waals surface area contributed by atoms with Gasteiger partial charge in [0.15, 0.2) is 0 Å². The van der Waals surface area contributed by atoms with Gasteiger partial charge in [0.05, 0.1) is 4.83 Å².